The van der Waals surface area contributed by atoms with Gasteiger partial charge in [-0.25, -0.2) is 0 Å². The first-order chi connectivity index (χ1) is 8.58. The maximum absolute atomic E-state index is 5.81. The molecule has 2 N–H and O–H groups in total. The van der Waals surface area contributed by atoms with Gasteiger partial charge in [-0.2, -0.15) is 0 Å². The lowest BCUT2D eigenvalue weighted by atomic mass is 10.2. The summed E-state index contributed by atoms with van der Waals surface area (Å²) >= 11 is 3.42. The average Bonchev–Trinajstić information content (AvgIpc) is 2.32. The molecule has 0 amide bonds. The van der Waals surface area contributed by atoms with E-state index < -0.39 is 0 Å². The molecule has 0 saturated heterocycles. The first kappa shape index (κ1) is 12.8. The maximum atomic E-state index is 5.81. The second-order valence-corrected chi connectivity index (χ2v) is 4.87. The minimum Gasteiger partial charge on any atom is -0.497 e. The van der Waals surface area contributed by atoms with Gasteiger partial charge in [-0.1, -0.05) is 15.9 Å². The van der Waals surface area contributed by atoms with Crippen molar-refractivity contribution in [3.8, 4) is 17.2 Å². The highest BCUT2D eigenvalue weighted by atomic mass is 79.9. The van der Waals surface area contributed by atoms with E-state index in [1.165, 1.54) is 0 Å². The third kappa shape index (κ3) is 2.96. The highest BCUT2D eigenvalue weighted by molar-refractivity contribution is 9.10. The topological polar surface area (TPSA) is 44.5 Å². The maximum Gasteiger partial charge on any atom is 0.133 e. The van der Waals surface area contributed by atoms with Gasteiger partial charge in [-0.3, -0.25) is 0 Å². The fraction of sp³-hybridized carbons (Fsp3) is 0.143. The fourth-order valence-electron chi connectivity index (χ4n) is 1.62. The van der Waals surface area contributed by atoms with Crippen molar-refractivity contribution in [2.75, 3.05) is 12.8 Å². The largest absolute Gasteiger partial charge is 0.497 e. The molecule has 0 aliphatic rings. The molecule has 0 aliphatic carbocycles. The Hall–Kier alpha value is -1.68. The van der Waals surface area contributed by atoms with Gasteiger partial charge in [0.1, 0.15) is 17.2 Å². The van der Waals surface area contributed by atoms with Crippen LogP contribution in [0.25, 0.3) is 0 Å². The predicted molar refractivity (Wildman–Crippen MR) is 76.4 cm³/mol. The van der Waals surface area contributed by atoms with Gasteiger partial charge < -0.3 is 15.2 Å². The van der Waals surface area contributed by atoms with Crippen LogP contribution >= 0.6 is 15.9 Å². The molecule has 2 aromatic rings. The Balaban J connectivity index is 2.30. The van der Waals surface area contributed by atoms with Crippen molar-refractivity contribution in [3.63, 3.8) is 0 Å². The van der Waals surface area contributed by atoms with Crippen LogP contribution in [0.5, 0.6) is 17.2 Å². The van der Waals surface area contributed by atoms with Crippen molar-refractivity contribution in [1.29, 1.82) is 0 Å². The average molecular weight is 308 g/mol. The van der Waals surface area contributed by atoms with Gasteiger partial charge in [0.25, 0.3) is 0 Å². The van der Waals surface area contributed by atoms with Crippen LogP contribution in [-0.2, 0) is 0 Å². The Kier molecular flexibility index (Phi) is 3.77. The summed E-state index contributed by atoms with van der Waals surface area (Å²) in [5.74, 6) is 2.14. The van der Waals surface area contributed by atoms with E-state index in [4.69, 9.17) is 15.2 Å². The zero-order valence-electron chi connectivity index (χ0n) is 10.2. The molecule has 2 rings (SSSR count). The summed E-state index contributed by atoms with van der Waals surface area (Å²) in [6, 6.07) is 11.2. The Bertz CT molecular complexity index is 570. The molecule has 94 valence electrons. The van der Waals surface area contributed by atoms with E-state index in [0.717, 1.165) is 15.8 Å². The first-order valence-electron chi connectivity index (χ1n) is 5.47. The van der Waals surface area contributed by atoms with Crippen molar-refractivity contribution in [2.45, 2.75) is 6.92 Å². The Morgan fingerprint density at radius 1 is 1.06 bits per heavy atom. The van der Waals surface area contributed by atoms with E-state index in [1.807, 2.05) is 25.1 Å². The second-order valence-electron chi connectivity index (χ2n) is 3.95. The normalized spacial score (nSPS) is 10.2. The number of hydrogen-bond donors (Lipinski definition) is 1. The number of nitrogens with two attached hydrogens (primary N) is 1. The number of anilines is 1. The summed E-state index contributed by atoms with van der Waals surface area (Å²) in [4.78, 5) is 0. The molecule has 0 fully saturated rings. The van der Waals surface area contributed by atoms with E-state index >= 15 is 0 Å². The lowest BCUT2D eigenvalue weighted by molar-refractivity contribution is 0.409. The van der Waals surface area contributed by atoms with E-state index in [9.17, 15) is 0 Å². The standard InChI is InChI=1S/C14H14BrNO2/c1-9-5-10(15)3-4-14(9)18-13-7-11(16)6-12(8-13)17-2/h3-8H,16H2,1-2H3. The molecule has 0 saturated carbocycles. The predicted octanol–water partition coefficient (Wildman–Crippen LogP) is 4.14. The molecule has 0 spiro atoms. The fourth-order valence-corrected chi connectivity index (χ4v) is 2.10. The Morgan fingerprint density at radius 3 is 2.44 bits per heavy atom. The summed E-state index contributed by atoms with van der Waals surface area (Å²) in [6.07, 6.45) is 0. The first-order valence-corrected chi connectivity index (χ1v) is 6.26. The smallest absolute Gasteiger partial charge is 0.133 e. The van der Waals surface area contributed by atoms with Crippen LogP contribution in [0.1, 0.15) is 5.56 Å². The second kappa shape index (κ2) is 5.31. The molecule has 3 nitrogen and oxygen atoms in total. The molecule has 0 aliphatic heterocycles. The summed E-state index contributed by atoms with van der Waals surface area (Å²) in [6.45, 7) is 1.99. The zero-order valence-corrected chi connectivity index (χ0v) is 11.8. The molecule has 0 aromatic heterocycles. The number of nitrogen functional groups attached to an aromatic ring is 1. The molecule has 0 unspecified atom stereocenters. The summed E-state index contributed by atoms with van der Waals surface area (Å²) in [5.41, 5.74) is 7.44. The van der Waals surface area contributed by atoms with Crippen molar-refractivity contribution >= 4 is 21.6 Å². The highest BCUT2D eigenvalue weighted by Crippen LogP contribution is 2.31. The van der Waals surface area contributed by atoms with Crippen LogP contribution in [0.2, 0.25) is 0 Å². The molecule has 0 heterocycles. The highest BCUT2D eigenvalue weighted by Gasteiger charge is 2.04. The zero-order chi connectivity index (χ0) is 13.1. The number of rotatable bonds is 3. The summed E-state index contributed by atoms with van der Waals surface area (Å²) in [5, 5.41) is 0. The minimum atomic E-state index is 0.610. The van der Waals surface area contributed by atoms with Crippen molar-refractivity contribution in [3.05, 3.63) is 46.4 Å². The molecule has 2 aromatic carbocycles. The number of methoxy groups -OCH3 is 1. The number of hydrogen-bond acceptors (Lipinski definition) is 3. The Labute approximate surface area is 115 Å². The SMILES string of the molecule is COc1cc(N)cc(Oc2ccc(Br)cc2C)c1. The van der Waals surface area contributed by atoms with Gasteiger partial charge in [0.2, 0.25) is 0 Å². The van der Waals surface area contributed by atoms with Gasteiger partial charge in [0.15, 0.2) is 0 Å². The Morgan fingerprint density at radius 2 is 1.78 bits per heavy atom. The van der Waals surface area contributed by atoms with Gasteiger partial charge in [0, 0.05) is 28.4 Å². The van der Waals surface area contributed by atoms with Crippen LogP contribution < -0.4 is 15.2 Å². The number of halogens is 1. The number of aryl methyl sites for hydroxylation is 1. The molecule has 18 heavy (non-hydrogen) atoms. The van der Waals surface area contributed by atoms with Gasteiger partial charge >= 0.3 is 0 Å². The lowest BCUT2D eigenvalue weighted by Gasteiger charge is -2.11. The van der Waals surface area contributed by atoms with E-state index in [1.54, 1.807) is 25.3 Å². The van der Waals surface area contributed by atoms with Gasteiger partial charge in [0.05, 0.1) is 7.11 Å². The lowest BCUT2D eigenvalue weighted by Crippen LogP contribution is -1.92. The third-order valence-electron chi connectivity index (χ3n) is 2.50. The minimum absolute atomic E-state index is 0.610. The van der Waals surface area contributed by atoms with Crippen LogP contribution in [0.4, 0.5) is 5.69 Å². The van der Waals surface area contributed by atoms with Crippen molar-refractivity contribution < 1.29 is 9.47 Å². The van der Waals surface area contributed by atoms with Crippen molar-refractivity contribution in [2.24, 2.45) is 0 Å². The van der Waals surface area contributed by atoms with Crippen LogP contribution in [-0.4, -0.2) is 7.11 Å². The molecule has 0 atom stereocenters. The van der Waals surface area contributed by atoms with Crippen LogP contribution in [0.3, 0.4) is 0 Å². The third-order valence-corrected chi connectivity index (χ3v) is 3.00. The van der Waals surface area contributed by atoms with Crippen LogP contribution in [0.15, 0.2) is 40.9 Å². The van der Waals surface area contributed by atoms with Gasteiger partial charge in [-0.15, -0.1) is 0 Å². The van der Waals surface area contributed by atoms with E-state index in [0.29, 0.717) is 17.2 Å². The van der Waals surface area contributed by atoms with Crippen molar-refractivity contribution in [1.82, 2.24) is 0 Å². The number of ether oxygens (including phenoxy) is 2. The molecule has 0 bridgehead atoms. The molecular formula is C14H14BrNO2. The quantitative estimate of drug-likeness (QED) is 0.867. The number of benzene rings is 2. The van der Waals surface area contributed by atoms with E-state index in [-0.39, 0.29) is 0 Å². The summed E-state index contributed by atoms with van der Waals surface area (Å²) < 4.78 is 12.0. The molecule has 4 heteroatoms. The molecule has 0 radical (unpaired) electrons. The summed E-state index contributed by atoms with van der Waals surface area (Å²) in [7, 11) is 1.60. The van der Waals surface area contributed by atoms with Crippen LogP contribution in [0, 0.1) is 6.92 Å². The molecular weight excluding hydrogens is 294 g/mol. The monoisotopic (exact) mass is 307 g/mol. The van der Waals surface area contributed by atoms with Gasteiger partial charge in [-0.05, 0) is 30.7 Å². The van der Waals surface area contributed by atoms with E-state index in [2.05, 4.69) is 15.9 Å².